The standard InChI is InChI=1S/C12H15FO2/c1-8(2)11(14)12(3,15)9-6-4-5-7-10(9)13/h4-8,15H,1-3H3/t12-/m0/s1. The zero-order chi connectivity index (χ0) is 11.6. The maximum atomic E-state index is 13.4. The first kappa shape index (κ1) is 11.9. The minimum Gasteiger partial charge on any atom is -0.377 e. The molecule has 0 saturated heterocycles. The molecule has 0 amide bonds. The molecular formula is C12H15FO2. The fraction of sp³-hybridized carbons (Fsp3) is 0.417. The van der Waals surface area contributed by atoms with Crippen LogP contribution in [0.4, 0.5) is 4.39 Å². The van der Waals surface area contributed by atoms with Gasteiger partial charge in [-0.15, -0.1) is 0 Å². The smallest absolute Gasteiger partial charge is 0.171 e. The maximum absolute atomic E-state index is 13.4. The van der Waals surface area contributed by atoms with Crippen molar-refractivity contribution in [2.24, 2.45) is 5.92 Å². The highest BCUT2D eigenvalue weighted by atomic mass is 19.1. The third kappa shape index (κ3) is 2.23. The van der Waals surface area contributed by atoms with Gasteiger partial charge >= 0.3 is 0 Å². The van der Waals surface area contributed by atoms with Gasteiger partial charge in [0, 0.05) is 11.5 Å². The molecule has 1 aromatic rings. The first-order valence-corrected chi connectivity index (χ1v) is 4.89. The van der Waals surface area contributed by atoms with Crippen LogP contribution >= 0.6 is 0 Å². The number of ketones is 1. The Labute approximate surface area is 88.7 Å². The SMILES string of the molecule is CC(C)C(=O)[C@@](C)(O)c1ccccc1F. The molecule has 0 aliphatic rings. The van der Waals surface area contributed by atoms with E-state index in [-0.39, 0.29) is 17.3 Å². The molecule has 82 valence electrons. The van der Waals surface area contributed by atoms with Crippen LogP contribution in [0.5, 0.6) is 0 Å². The zero-order valence-corrected chi connectivity index (χ0v) is 9.12. The molecule has 1 rings (SSSR count). The Morgan fingerprint density at radius 1 is 1.40 bits per heavy atom. The third-order valence-electron chi connectivity index (χ3n) is 2.40. The van der Waals surface area contributed by atoms with E-state index in [1.54, 1.807) is 19.9 Å². The van der Waals surface area contributed by atoms with E-state index < -0.39 is 11.4 Å². The van der Waals surface area contributed by atoms with Crippen molar-refractivity contribution < 1.29 is 14.3 Å². The molecule has 0 fully saturated rings. The Bertz CT molecular complexity index is 370. The van der Waals surface area contributed by atoms with Crippen molar-refractivity contribution in [1.29, 1.82) is 0 Å². The van der Waals surface area contributed by atoms with Gasteiger partial charge in [-0.2, -0.15) is 0 Å². The number of benzene rings is 1. The number of hydrogen-bond acceptors (Lipinski definition) is 2. The first-order valence-electron chi connectivity index (χ1n) is 4.89. The summed E-state index contributed by atoms with van der Waals surface area (Å²) in [4.78, 5) is 11.7. The van der Waals surface area contributed by atoms with Crippen molar-refractivity contribution in [3.05, 3.63) is 35.6 Å². The summed E-state index contributed by atoms with van der Waals surface area (Å²) in [5, 5.41) is 10.0. The average molecular weight is 210 g/mol. The minimum absolute atomic E-state index is 0.0312. The monoisotopic (exact) mass is 210 g/mol. The van der Waals surface area contributed by atoms with Crippen LogP contribution in [0.2, 0.25) is 0 Å². The van der Waals surface area contributed by atoms with Crippen molar-refractivity contribution in [2.75, 3.05) is 0 Å². The highest BCUT2D eigenvalue weighted by Crippen LogP contribution is 2.26. The zero-order valence-electron chi connectivity index (χ0n) is 9.12. The lowest BCUT2D eigenvalue weighted by atomic mass is 9.86. The van der Waals surface area contributed by atoms with Gasteiger partial charge in [0.1, 0.15) is 11.4 Å². The van der Waals surface area contributed by atoms with Crippen molar-refractivity contribution in [2.45, 2.75) is 26.4 Å². The second-order valence-corrected chi connectivity index (χ2v) is 4.07. The fourth-order valence-corrected chi connectivity index (χ4v) is 1.55. The second-order valence-electron chi connectivity index (χ2n) is 4.07. The fourth-order valence-electron chi connectivity index (χ4n) is 1.55. The van der Waals surface area contributed by atoms with Crippen LogP contribution in [0.25, 0.3) is 0 Å². The van der Waals surface area contributed by atoms with Crippen molar-refractivity contribution >= 4 is 5.78 Å². The molecule has 0 aromatic heterocycles. The Kier molecular flexibility index (Phi) is 3.25. The summed E-state index contributed by atoms with van der Waals surface area (Å²) in [5.41, 5.74) is -1.72. The quantitative estimate of drug-likeness (QED) is 0.830. The second kappa shape index (κ2) is 4.11. The van der Waals surface area contributed by atoms with Gasteiger partial charge in [-0.25, -0.2) is 4.39 Å². The summed E-state index contributed by atoms with van der Waals surface area (Å²) >= 11 is 0. The van der Waals surface area contributed by atoms with Crippen molar-refractivity contribution in [3.63, 3.8) is 0 Å². The van der Waals surface area contributed by atoms with E-state index in [1.807, 2.05) is 0 Å². The van der Waals surface area contributed by atoms with Gasteiger partial charge in [0.25, 0.3) is 0 Å². The lowest BCUT2D eigenvalue weighted by Crippen LogP contribution is -2.36. The van der Waals surface area contributed by atoms with Crippen molar-refractivity contribution in [1.82, 2.24) is 0 Å². The molecule has 0 unspecified atom stereocenters. The van der Waals surface area contributed by atoms with E-state index in [2.05, 4.69) is 0 Å². The number of rotatable bonds is 3. The normalized spacial score (nSPS) is 15.1. The molecule has 0 aliphatic heterocycles. The summed E-state index contributed by atoms with van der Waals surface area (Å²) in [7, 11) is 0. The average Bonchev–Trinajstić information content (AvgIpc) is 2.16. The molecule has 0 spiro atoms. The van der Waals surface area contributed by atoms with Crippen LogP contribution in [0, 0.1) is 11.7 Å². The van der Waals surface area contributed by atoms with Gasteiger partial charge in [0.05, 0.1) is 0 Å². The van der Waals surface area contributed by atoms with Gasteiger partial charge < -0.3 is 5.11 Å². The van der Waals surface area contributed by atoms with Crippen LogP contribution in [0.3, 0.4) is 0 Å². The molecule has 3 heteroatoms. The topological polar surface area (TPSA) is 37.3 Å². The molecular weight excluding hydrogens is 195 g/mol. The number of Topliss-reactive ketones (excluding diaryl/α,β-unsaturated/α-hetero) is 1. The molecule has 2 nitrogen and oxygen atoms in total. The number of halogens is 1. The molecule has 1 aromatic carbocycles. The minimum atomic E-state index is -1.75. The molecule has 1 atom stereocenters. The van der Waals surface area contributed by atoms with E-state index in [0.717, 1.165) is 0 Å². The van der Waals surface area contributed by atoms with E-state index in [9.17, 15) is 14.3 Å². The van der Waals surface area contributed by atoms with E-state index >= 15 is 0 Å². The van der Waals surface area contributed by atoms with Gasteiger partial charge in [0.2, 0.25) is 0 Å². The molecule has 15 heavy (non-hydrogen) atoms. The van der Waals surface area contributed by atoms with Gasteiger partial charge in [0.15, 0.2) is 5.78 Å². The lowest BCUT2D eigenvalue weighted by Gasteiger charge is -2.24. The first-order chi connectivity index (χ1) is 6.87. The number of hydrogen-bond donors (Lipinski definition) is 1. The summed E-state index contributed by atoms with van der Waals surface area (Å²) in [5.74, 6) is -1.27. The van der Waals surface area contributed by atoms with Gasteiger partial charge in [-0.05, 0) is 13.0 Å². The summed E-state index contributed by atoms with van der Waals surface area (Å²) in [6.07, 6.45) is 0. The van der Waals surface area contributed by atoms with E-state index in [0.29, 0.717) is 0 Å². The highest BCUT2D eigenvalue weighted by Gasteiger charge is 2.35. The van der Waals surface area contributed by atoms with Crippen molar-refractivity contribution in [3.8, 4) is 0 Å². The van der Waals surface area contributed by atoms with E-state index in [4.69, 9.17) is 0 Å². The largest absolute Gasteiger partial charge is 0.377 e. The molecule has 0 bridgehead atoms. The van der Waals surface area contributed by atoms with Crippen LogP contribution in [0.15, 0.2) is 24.3 Å². The number of aliphatic hydroxyl groups is 1. The molecule has 1 N–H and O–H groups in total. The molecule has 0 radical (unpaired) electrons. The van der Waals surface area contributed by atoms with Crippen LogP contribution in [-0.2, 0) is 10.4 Å². The van der Waals surface area contributed by atoms with Gasteiger partial charge in [-0.1, -0.05) is 32.0 Å². The summed E-state index contributed by atoms with van der Waals surface area (Å²) in [6.45, 7) is 4.68. The molecule has 0 heterocycles. The number of carbonyl (C=O) groups is 1. The highest BCUT2D eigenvalue weighted by molar-refractivity contribution is 5.89. The molecule has 0 aliphatic carbocycles. The Balaban J connectivity index is 3.17. The molecule has 0 saturated carbocycles. The van der Waals surface area contributed by atoms with Gasteiger partial charge in [-0.3, -0.25) is 4.79 Å². The summed E-state index contributed by atoms with van der Waals surface area (Å²) < 4.78 is 13.4. The van der Waals surface area contributed by atoms with Crippen LogP contribution in [0.1, 0.15) is 26.3 Å². The lowest BCUT2D eigenvalue weighted by molar-refractivity contribution is -0.140. The Hall–Kier alpha value is -1.22. The van der Waals surface area contributed by atoms with Crippen LogP contribution < -0.4 is 0 Å². The maximum Gasteiger partial charge on any atom is 0.171 e. The third-order valence-corrected chi connectivity index (χ3v) is 2.40. The van der Waals surface area contributed by atoms with Crippen LogP contribution in [-0.4, -0.2) is 10.9 Å². The summed E-state index contributed by atoms with van der Waals surface area (Å²) in [6, 6.07) is 5.78. The van der Waals surface area contributed by atoms with E-state index in [1.165, 1.54) is 25.1 Å². The predicted molar refractivity (Wildman–Crippen MR) is 55.8 cm³/mol. The Morgan fingerprint density at radius 3 is 2.40 bits per heavy atom. The Morgan fingerprint density at radius 2 is 1.93 bits per heavy atom. The number of carbonyl (C=O) groups excluding carboxylic acids is 1. The predicted octanol–water partition coefficient (Wildman–Crippen LogP) is 2.26.